The molecule has 0 spiro atoms. The molecule has 2 aromatic rings. The molecule has 0 unspecified atom stereocenters. The number of carboxylic acid groups (broad SMARTS) is 1. The van der Waals surface area contributed by atoms with Gasteiger partial charge < -0.3 is 19.3 Å². The van der Waals surface area contributed by atoms with Crippen LogP contribution in [0.25, 0.3) is 11.0 Å². The van der Waals surface area contributed by atoms with Crippen molar-refractivity contribution in [3.63, 3.8) is 0 Å². The Bertz CT molecular complexity index is 836. The highest BCUT2D eigenvalue weighted by molar-refractivity contribution is 5.77. The fraction of sp³-hybridized carbons (Fsp3) is 0.526. The number of fused-ring (bicyclic) bond motifs is 4. The van der Waals surface area contributed by atoms with E-state index in [4.69, 9.17) is 9.84 Å². The number of aryl methyl sites for hydroxylation is 1. The standard InChI is InChI=1S/C19H24N4O4/c24-18(5-6-21-13-20-16-3-1-2-4-17(16)21)23-8-14-7-22(10-19(25)26)15(9-23)12-27-11-14/h1-4,13-15H,5-12H2,(H,25,26)/t14-,15+/m1/s1. The smallest absolute Gasteiger partial charge is 0.317 e. The highest BCUT2D eigenvalue weighted by Crippen LogP contribution is 2.20. The number of carbonyl (C=O) groups excluding carboxylic acids is 1. The van der Waals surface area contributed by atoms with Crippen LogP contribution < -0.4 is 0 Å². The van der Waals surface area contributed by atoms with Gasteiger partial charge >= 0.3 is 5.97 Å². The molecule has 2 fully saturated rings. The summed E-state index contributed by atoms with van der Waals surface area (Å²) < 4.78 is 7.69. The number of para-hydroxylation sites is 2. The molecule has 0 aliphatic carbocycles. The predicted octanol–water partition coefficient (Wildman–Crippen LogP) is 0.670. The Morgan fingerprint density at radius 2 is 2.04 bits per heavy atom. The number of aliphatic carboxylic acids is 1. The molecule has 1 amide bonds. The lowest BCUT2D eigenvalue weighted by Crippen LogP contribution is -2.47. The SMILES string of the molecule is O=C(O)CN1C[C@H]2COC[C@@H]1CN(C(=O)CCn1cnc3ccccc31)C2. The Hall–Kier alpha value is -2.45. The van der Waals surface area contributed by atoms with Crippen molar-refractivity contribution in [1.29, 1.82) is 0 Å². The van der Waals surface area contributed by atoms with E-state index in [9.17, 15) is 9.59 Å². The van der Waals surface area contributed by atoms with Crippen LogP contribution in [0.5, 0.6) is 0 Å². The third-order valence-corrected chi connectivity index (χ3v) is 5.37. The molecular formula is C19H24N4O4. The lowest BCUT2D eigenvalue weighted by molar-refractivity contribution is -0.139. The molecule has 144 valence electrons. The maximum absolute atomic E-state index is 12.9. The van der Waals surface area contributed by atoms with Gasteiger partial charge in [-0.15, -0.1) is 0 Å². The Labute approximate surface area is 157 Å². The third kappa shape index (κ3) is 3.96. The molecule has 0 saturated carbocycles. The number of benzene rings is 1. The van der Waals surface area contributed by atoms with Crippen molar-refractivity contribution in [2.75, 3.05) is 39.4 Å². The zero-order valence-electron chi connectivity index (χ0n) is 15.2. The molecule has 1 aromatic carbocycles. The van der Waals surface area contributed by atoms with Crippen LogP contribution in [0, 0.1) is 5.92 Å². The van der Waals surface area contributed by atoms with Gasteiger partial charge in [0.05, 0.1) is 43.2 Å². The molecule has 1 aromatic heterocycles. The maximum atomic E-state index is 12.9. The molecular weight excluding hydrogens is 348 g/mol. The normalized spacial score (nSPS) is 23.3. The number of imidazole rings is 1. The monoisotopic (exact) mass is 372 g/mol. The average molecular weight is 372 g/mol. The number of rotatable bonds is 5. The van der Waals surface area contributed by atoms with Crippen LogP contribution in [0.4, 0.5) is 0 Å². The second-order valence-corrected chi connectivity index (χ2v) is 7.36. The fourth-order valence-corrected chi connectivity index (χ4v) is 4.06. The van der Waals surface area contributed by atoms with E-state index in [0.29, 0.717) is 45.8 Å². The van der Waals surface area contributed by atoms with Crippen LogP contribution >= 0.6 is 0 Å². The van der Waals surface area contributed by atoms with E-state index >= 15 is 0 Å². The first-order valence-corrected chi connectivity index (χ1v) is 9.31. The van der Waals surface area contributed by atoms with Crippen molar-refractivity contribution in [2.24, 2.45) is 5.92 Å². The number of amides is 1. The molecule has 2 bridgehead atoms. The highest BCUT2D eigenvalue weighted by Gasteiger charge is 2.35. The highest BCUT2D eigenvalue weighted by atomic mass is 16.5. The largest absolute Gasteiger partial charge is 0.480 e. The van der Waals surface area contributed by atoms with E-state index in [2.05, 4.69) is 4.98 Å². The second-order valence-electron chi connectivity index (χ2n) is 7.36. The van der Waals surface area contributed by atoms with Crippen LogP contribution in [-0.4, -0.2) is 81.8 Å². The first-order chi connectivity index (χ1) is 13.1. The number of carboxylic acids is 1. The van der Waals surface area contributed by atoms with Crippen molar-refractivity contribution >= 4 is 22.9 Å². The molecule has 0 radical (unpaired) electrons. The van der Waals surface area contributed by atoms with Crippen LogP contribution in [0.3, 0.4) is 0 Å². The van der Waals surface area contributed by atoms with Gasteiger partial charge in [0, 0.05) is 38.5 Å². The summed E-state index contributed by atoms with van der Waals surface area (Å²) in [5, 5.41) is 9.16. The van der Waals surface area contributed by atoms with Crippen molar-refractivity contribution in [2.45, 2.75) is 19.0 Å². The quantitative estimate of drug-likeness (QED) is 0.830. The van der Waals surface area contributed by atoms with Crippen molar-refractivity contribution in [3.8, 4) is 0 Å². The van der Waals surface area contributed by atoms with Crippen molar-refractivity contribution in [1.82, 2.24) is 19.4 Å². The van der Waals surface area contributed by atoms with Crippen LogP contribution in [0.15, 0.2) is 30.6 Å². The summed E-state index contributed by atoms with van der Waals surface area (Å²) >= 11 is 0. The summed E-state index contributed by atoms with van der Waals surface area (Å²) in [7, 11) is 0. The van der Waals surface area contributed by atoms with Gasteiger partial charge in [0.25, 0.3) is 0 Å². The van der Waals surface area contributed by atoms with Gasteiger partial charge in [0.15, 0.2) is 0 Å². The van der Waals surface area contributed by atoms with Gasteiger partial charge in [0.2, 0.25) is 5.91 Å². The molecule has 27 heavy (non-hydrogen) atoms. The van der Waals surface area contributed by atoms with Crippen molar-refractivity contribution < 1.29 is 19.4 Å². The number of aromatic nitrogens is 2. The Morgan fingerprint density at radius 3 is 2.89 bits per heavy atom. The molecule has 3 heterocycles. The first kappa shape index (κ1) is 17.9. The number of hydrogen-bond donors (Lipinski definition) is 1. The van der Waals surface area contributed by atoms with Crippen LogP contribution in [0.2, 0.25) is 0 Å². The van der Waals surface area contributed by atoms with E-state index in [1.54, 1.807) is 6.33 Å². The summed E-state index contributed by atoms with van der Waals surface area (Å²) in [5.41, 5.74) is 1.95. The molecule has 2 saturated heterocycles. The Morgan fingerprint density at radius 1 is 1.19 bits per heavy atom. The van der Waals surface area contributed by atoms with E-state index in [1.807, 2.05) is 38.6 Å². The number of nitrogens with zero attached hydrogens (tertiary/aromatic N) is 4. The van der Waals surface area contributed by atoms with E-state index in [0.717, 1.165) is 11.0 Å². The zero-order chi connectivity index (χ0) is 18.8. The minimum Gasteiger partial charge on any atom is -0.480 e. The first-order valence-electron chi connectivity index (χ1n) is 9.31. The second kappa shape index (κ2) is 7.66. The molecule has 1 N–H and O–H groups in total. The van der Waals surface area contributed by atoms with Gasteiger partial charge in [-0.3, -0.25) is 14.5 Å². The minimum atomic E-state index is -0.840. The number of ether oxygens (including phenoxy) is 1. The number of hydrogen-bond acceptors (Lipinski definition) is 5. The molecule has 4 rings (SSSR count). The summed E-state index contributed by atoms with van der Waals surface area (Å²) in [5.74, 6) is -0.593. The minimum absolute atomic E-state index is 0.00637. The molecule has 2 aliphatic heterocycles. The summed E-state index contributed by atoms with van der Waals surface area (Å²) in [6.45, 7) is 3.42. The molecule has 8 heteroatoms. The van der Waals surface area contributed by atoms with Crippen LogP contribution in [-0.2, 0) is 20.9 Å². The maximum Gasteiger partial charge on any atom is 0.317 e. The van der Waals surface area contributed by atoms with E-state index < -0.39 is 5.97 Å². The third-order valence-electron chi connectivity index (χ3n) is 5.37. The van der Waals surface area contributed by atoms with Gasteiger partial charge in [-0.05, 0) is 12.1 Å². The van der Waals surface area contributed by atoms with Gasteiger partial charge in [-0.25, -0.2) is 4.98 Å². The van der Waals surface area contributed by atoms with E-state index in [-0.39, 0.29) is 24.4 Å². The lowest BCUT2D eigenvalue weighted by Gasteiger charge is -2.30. The van der Waals surface area contributed by atoms with Gasteiger partial charge in [-0.1, -0.05) is 12.1 Å². The average Bonchev–Trinajstić information content (AvgIpc) is 2.84. The lowest BCUT2D eigenvalue weighted by atomic mass is 10.1. The topological polar surface area (TPSA) is 87.9 Å². The van der Waals surface area contributed by atoms with Gasteiger partial charge in [0.1, 0.15) is 0 Å². The summed E-state index contributed by atoms with van der Waals surface area (Å²) in [6, 6.07) is 7.82. The fourth-order valence-electron chi connectivity index (χ4n) is 4.06. The molecule has 2 atom stereocenters. The zero-order valence-corrected chi connectivity index (χ0v) is 15.2. The summed E-state index contributed by atoms with van der Waals surface area (Å²) in [6.07, 6.45) is 2.18. The van der Waals surface area contributed by atoms with Crippen molar-refractivity contribution in [3.05, 3.63) is 30.6 Å². The Kier molecular flexibility index (Phi) is 5.09. The molecule has 8 nitrogen and oxygen atoms in total. The Balaban J connectivity index is 1.42. The van der Waals surface area contributed by atoms with E-state index in [1.165, 1.54) is 0 Å². The van der Waals surface area contributed by atoms with Gasteiger partial charge in [-0.2, -0.15) is 0 Å². The van der Waals surface area contributed by atoms with Crippen LogP contribution in [0.1, 0.15) is 6.42 Å². The summed E-state index contributed by atoms with van der Waals surface area (Å²) in [4.78, 5) is 32.2. The number of carbonyl (C=O) groups is 2. The molecule has 2 aliphatic rings. The predicted molar refractivity (Wildman–Crippen MR) is 98.2 cm³/mol.